The standard InChI is InChI=1S/C15H20N2O/c1-16-9-14(12-5-3-4-6-13(12)16)17(2)10-15(11-18)7-8-15/h3-6,9,18H,7-8,10-11H2,1-2H3. The van der Waals surface area contributed by atoms with Gasteiger partial charge < -0.3 is 14.6 Å². The lowest BCUT2D eigenvalue weighted by Crippen LogP contribution is -2.28. The van der Waals surface area contributed by atoms with Crippen LogP contribution in [0.5, 0.6) is 0 Å². The largest absolute Gasteiger partial charge is 0.396 e. The van der Waals surface area contributed by atoms with Gasteiger partial charge in [-0.3, -0.25) is 0 Å². The molecule has 3 nitrogen and oxygen atoms in total. The molecule has 3 rings (SSSR count). The van der Waals surface area contributed by atoms with Gasteiger partial charge in [-0.1, -0.05) is 18.2 Å². The maximum absolute atomic E-state index is 9.44. The van der Waals surface area contributed by atoms with E-state index in [1.54, 1.807) is 0 Å². The highest BCUT2D eigenvalue weighted by molar-refractivity contribution is 5.93. The zero-order valence-corrected chi connectivity index (χ0v) is 11.1. The number of nitrogens with zero attached hydrogens (tertiary/aromatic N) is 2. The van der Waals surface area contributed by atoms with Gasteiger partial charge in [0.1, 0.15) is 0 Å². The molecular formula is C15H20N2O. The summed E-state index contributed by atoms with van der Waals surface area (Å²) >= 11 is 0. The number of rotatable bonds is 4. The molecule has 96 valence electrons. The molecule has 0 bridgehead atoms. The molecule has 1 aliphatic rings. The van der Waals surface area contributed by atoms with Crippen LogP contribution < -0.4 is 4.90 Å². The summed E-state index contributed by atoms with van der Waals surface area (Å²) in [5, 5.41) is 10.7. The van der Waals surface area contributed by atoms with Gasteiger partial charge in [-0.15, -0.1) is 0 Å². The number of benzene rings is 1. The molecule has 1 aromatic heterocycles. The second-order valence-electron chi connectivity index (χ2n) is 5.66. The Morgan fingerprint density at radius 2 is 2.06 bits per heavy atom. The Labute approximate surface area is 108 Å². The van der Waals surface area contributed by atoms with Crippen LogP contribution in [0.4, 0.5) is 5.69 Å². The molecule has 1 N–H and O–H groups in total. The number of aliphatic hydroxyl groups is 1. The summed E-state index contributed by atoms with van der Waals surface area (Å²) < 4.78 is 2.17. The van der Waals surface area contributed by atoms with Crippen LogP contribution in [0.1, 0.15) is 12.8 Å². The van der Waals surface area contributed by atoms with Gasteiger partial charge >= 0.3 is 0 Å². The Kier molecular flexibility index (Phi) is 2.59. The van der Waals surface area contributed by atoms with Crippen molar-refractivity contribution in [3.05, 3.63) is 30.5 Å². The summed E-state index contributed by atoms with van der Waals surface area (Å²) in [5.41, 5.74) is 2.67. The highest BCUT2D eigenvalue weighted by Gasteiger charge is 2.43. The third-order valence-corrected chi connectivity index (χ3v) is 4.15. The van der Waals surface area contributed by atoms with Gasteiger partial charge in [0.2, 0.25) is 0 Å². The second kappa shape index (κ2) is 4.02. The van der Waals surface area contributed by atoms with Crippen molar-refractivity contribution < 1.29 is 5.11 Å². The van der Waals surface area contributed by atoms with E-state index in [-0.39, 0.29) is 5.41 Å². The van der Waals surface area contributed by atoms with Crippen molar-refractivity contribution in [3.63, 3.8) is 0 Å². The zero-order valence-electron chi connectivity index (χ0n) is 11.1. The van der Waals surface area contributed by atoms with Crippen LogP contribution in [0, 0.1) is 5.41 Å². The number of aryl methyl sites for hydroxylation is 1. The fourth-order valence-electron chi connectivity index (χ4n) is 2.76. The quantitative estimate of drug-likeness (QED) is 0.894. The molecule has 2 aromatic rings. The molecule has 3 heteroatoms. The van der Waals surface area contributed by atoms with Crippen LogP contribution in [0.25, 0.3) is 10.9 Å². The Balaban J connectivity index is 1.94. The van der Waals surface area contributed by atoms with E-state index in [1.807, 2.05) is 0 Å². The second-order valence-corrected chi connectivity index (χ2v) is 5.66. The minimum absolute atomic E-state index is 0.158. The van der Waals surface area contributed by atoms with Gasteiger partial charge in [0.25, 0.3) is 0 Å². The Morgan fingerprint density at radius 3 is 2.72 bits per heavy atom. The number of fused-ring (bicyclic) bond motifs is 1. The SMILES string of the molecule is CN(CC1(CO)CC1)c1cn(C)c2ccccc12. The highest BCUT2D eigenvalue weighted by Crippen LogP contribution is 2.46. The van der Waals surface area contributed by atoms with E-state index in [0.29, 0.717) is 6.61 Å². The van der Waals surface area contributed by atoms with E-state index in [9.17, 15) is 5.11 Å². The minimum Gasteiger partial charge on any atom is -0.396 e. The third-order valence-electron chi connectivity index (χ3n) is 4.15. The molecule has 1 aromatic carbocycles. The van der Waals surface area contributed by atoms with Crippen LogP contribution in [-0.2, 0) is 7.05 Å². The first-order valence-corrected chi connectivity index (χ1v) is 6.51. The molecule has 0 spiro atoms. The number of para-hydroxylation sites is 1. The lowest BCUT2D eigenvalue weighted by atomic mass is 10.1. The van der Waals surface area contributed by atoms with Gasteiger partial charge in [0.15, 0.2) is 0 Å². The van der Waals surface area contributed by atoms with E-state index in [2.05, 4.69) is 54.0 Å². The number of aromatic nitrogens is 1. The summed E-state index contributed by atoms with van der Waals surface area (Å²) in [5.74, 6) is 0. The fraction of sp³-hybridized carbons (Fsp3) is 0.467. The first-order valence-electron chi connectivity index (χ1n) is 6.51. The van der Waals surface area contributed by atoms with E-state index >= 15 is 0 Å². The van der Waals surface area contributed by atoms with Gasteiger partial charge in [0, 0.05) is 43.2 Å². The van der Waals surface area contributed by atoms with Crippen molar-refractivity contribution in [2.75, 3.05) is 25.1 Å². The summed E-state index contributed by atoms with van der Waals surface area (Å²) in [4.78, 5) is 2.28. The molecule has 0 radical (unpaired) electrons. The van der Waals surface area contributed by atoms with Gasteiger partial charge in [-0.25, -0.2) is 0 Å². The molecule has 1 heterocycles. The Bertz CT molecular complexity index is 569. The van der Waals surface area contributed by atoms with Crippen molar-refractivity contribution in [2.45, 2.75) is 12.8 Å². The number of anilines is 1. The van der Waals surface area contributed by atoms with E-state index < -0.39 is 0 Å². The van der Waals surface area contributed by atoms with Crippen molar-refractivity contribution >= 4 is 16.6 Å². The van der Waals surface area contributed by atoms with Crippen LogP contribution in [-0.4, -0.2) is 29.9 Å². The minimum atomic E-state index is 0.158. The van der Waals surface area contributed by atoms with Gasteiger partial charge in [-0.05, 0) is 18.9 Å². The van der Waals surface area contributed by atoms with E-state index in [4.69, 9.17) is 0 Å². The molecule has 0 amide bonds. The molecule has 0 saturated heterocycles. The highest BCUT2D eigenvalue weighted by atomic mass is 16.3. The molecular weight excluding hydrogens is 224 g/mol. The van der Waals surface area contributed by atoms with Crippen molar-refractivity contribution in [1.29, 1.82) is 0 Å². The maximum Gasteiger partial charge on any atom is 0.0623 e. The number of hydrogen-bond acceptors (Lipinski definition) is 2. The lowest BCUT2D eigenvalue weighted by molar-refractivity contribution is 0.215. The molecule has 1 fully saturated rings. The maximum atomic E-state index is 9.44. The van der Waals surface area contributed by atoms with Crippen molar-refractivity contribution in [1.82, 2.24) is 4.57 Å². The van der Waals surface area contributed by atoms with Crippen molar-refractivity contribution in [3.8, 4) is 0 Å². The molecule has 1 saturated carbocycles. The van der Waals surface area contributed by atoms with Gasteiger partial charge in [-0.2, -0.15) is 0 Å². The first kappa shape index (κ1) is 11.6. The normalized spacial score (nSPS) is 17.1. The van der Waals surface area contributed by atoms with E-state index in [1.165, 1.54) is 16.6 Å². The fourth-order valence-corrected chi connectivity index (χ4v) is 2.76. The molecule has 0 atom stereocenters. The molecule has 0 unspecified atom stereocenters. The molecule has 18 heavy (non-hydrogen) atoms. The summed E-state index contributed by atoms with van der Waals surface area (Å²) in [6.07, 6.45) is 4.48. The third kappa shape index (κ3) is 1.79. The smallest absolute Gasteiger partial charge is 0.0623 e. The monoisotopic (exact) mass is 244 g/mol. The predicted octanol–water partition coefficient (Wildman–Crippen LogP) is 2.39. The summed E-state index contributed by atoms with van der Waals surface area (Å²) in [6, 6.07) is 8.46. The van der Waals surface area contributed by atoms with Crippen LogP contribution in [0.15, 0.2) is 30.5 Å². The first-order chi connectivity index (χ1) is 8.65. The summed E-state index contributed by atoms with van der Waals surface area (Å²) in [7, 11) is 4.20. The Morgan fingerprint density at radius 1 is 1.33 bits per heavy atom. The van der Waals surface area contributed by atoms with Crippen LogP contribution >= 0.6 is 0 Å². The van der Waals surface area contributed by atoms with E-state index in [0.717, 1.165) is 19.4 Å². The lowest BCUT2D eigenvalue weighted by Gasteiger charge is -2.23. The number of hydrogen-bond donors (Lipinski definition) is 1. The topological polar surface area (TPSA) is 28.4 Å². The number of aliphatic hydroxyl groups excluding tert-OH is 1. The molecule has 1 aliphatic carbocycles. The van der Waals surface area contributed by atoms with Crippen LogP contribution in [0.2, 0.25) is 0 Å². The van der Waals surface area contributed by atoms with Gasteiger partial charge in [0.05, 0.1) is 12.3 Å². The average Bonchev–Trinajstić information content (AvgIpc) is 3.08. The van der Waals surface area contributed by atoms with Crippen molar-refractivity contribution in [2.24, 2.45) is 12.5 Å². The Hall–Kier alpha value is -1.48. The zero-order chi connectivity index (χ0) is 12.8. The predicted molar refractivity (Wildman–Crippen MR) is 74.9 cm³/mol. The summed E-state index contributed by atoms with van der Waals surface area (Å²) in [6.45, 7) is 1.25. The average molecular weight is 244 g/mol. The molecule has 0 aliphatic heterocycles. The van der Waals surface area contributed by atoms with Crippen LogP contribution in [0.3, 0.4) is 0 Å².